The molecule has 0 aromatic heterocycles. The minimum Gasteiger partial charge on any atom is -0.505 e. The van der Waals surface area contributed by atoms with Gasteiger partial charge in [0.1, 0.15) is 4.47 Å². The monoisotopic (exact) mass is 235 g/mol. The summed E-state index contributed by atoms with van der Waals surface area (Å²) < 4.78 is 12.4. The van der Waals surface area contributed by atoms with Crippen LogP contribution < -0.4 is 0 Å². The number of nitrogens with zero attached hydrogens (tertiary/aromatic N) is 1. The van der Waals surface area contributed by atoms with Crippen LogP contribution in [0.3, 0.4) is 0 Å². The molecule has 4 nitrogen and oxygen atoms in total. The lowest BCUT2D eigenvalue weighted by Gasteiger charge is -1.97. The average molecular weight is 236 g/mol. The molecule has 0 atom stereocenters. The molecule has 0 aliphatic heterocycles. The lowest BCUT2D eigenvalue weighted by molar-refractivity contribution is -0.385. The van der Waals surface area contributed by atoms with Gasteiger partial charge in [0, 0.05) is 6.07 Å². The number of hydrogen-bond donors (Lipinski definition) is 1. The first kappa shape index (κ1) is 8.92. The second-order valence-corrected chi connectivity index (χ2v) is 2.78. The zero-order valence-electron chi connectivity index (χ0n) is 5.62. The number of nitro benzene ring substituents is 1. The topological polar surface area (TPSA) is 63.4 Å². The largest absolute Gasteiger partial charge is 0.505 e. The number of hydrogen-bond acceptors (Lipinski definition) is 3. The molecule has 0 radical (unpaired) electrons. The van der Waals surface area contributed by atoms with Crippen LogP contribution in [0.5, 0.6) is 5.75 Å². The third-order valence-corrected chi connectivity index (χ3v) is 1.99. The van der Waals surface area contributed by atoms with Gasteiger partial charge in [-0.05, 0) is 22.0 Å². The summed E-state index contributed by atoms with van der Waals surface area (Å²) in [4.78, 5) is 9.47. The average Bonchev–Trinajstić information content (AvgIpc) is 2.00. The maximum atomic E-state index is 12.8. The SMILES string of the molecule is O=[N+]([O-])c1ccc(O)c(F)c1Br. The van der Waals surface area contributed by atoms with E-state index in [1.807, 2.05) is 0 Å². The molecule has 1 aromatic carbocycles. The highest BCUT2D eigenvalue weighted by Crippen LogP contribution is 2.32. The molecular formula is C6H3BrFNO3. The summed E-state index contributed by atoms with van der Waals surface area (Å²) in [5.41, 5.74) is -0.412. The zero-order valence-corrected chi connectivity index (χ0v) is 7.21. The summed E-state index contributed by atoms with van der Waals surface area (Å²) in [6.07, 6.45) is 0. The van der Waals surface area contributed by atoms with Crippen molar-refractivity contribution in [1.82, 2.24) is 0 Å². The van der Waals surface area contributed by atoms with Gasteiger partial charge in [-0.25, -0.2) is 4.39 Å². The van der Waals surface area contributed by atoms with E-state index in [1.165, 1.54) is 0 Å². The van der Waals surface area contributed by atoms with Crippen molar-refractivity contribution in [2.45, 2.75) is 0 Å². The van der Waals surface area contributed by atoms with E-state index in [2.05, 4.69) is 15.9 Å². The van der Waals surface area contributed by atoms with Gasteiger partial charge in [-0.3, -0.25) is 10.1 Å². The lowest BCUT2D eigenvalue weighted by atomic mass is 10.3. The van der Waals surface area contributed by atoms with Crippen LogP contribution in [-0.2, 0) is 0 Å². The van der Waals surface area contributed by atoms with Crippen molar-refractivity contribution >= 4 is 21.6 Å². The Labute approximate surface area is 74.9 Å². The molecule has 0 aliphatic carbocycles. The lowest BCUT2D eigenvalue weighted by Crippen LogP contribution is -1.91. The normalized spacial score (nSPS) is 9.83. The molecule has 0 spiro atoms. The smallest absolute Gasteiger partial charge is 0.286 e. The zero-order chi connectivity index (χ0) is 9.30. The second kappa shape index (κ2) is 3.06. The van der Waals surface area contributed by atoms with E-state index in [9.17, 15) is 14.5 Å². The fourth-order valence-electron chi connectivity index (χ4n) is 0.670. The van der Waals surface area contributed by atoms with Gasteiger partial charge < -0.3 is 5.11 Å². The fraction of sp³-hybridized carbons (Fsp3) is 0. The Hall–Kier alpha value is -1.17. The van der Waals surface area contributed by atoms with Gasteiger partial charge in [0.05, 0.1) is 4.92 Å². The number of benzene rings is 1. The van der Waals surface area contributed by atoms with Crippen LogP contribution in [0, 0.1) is 15.9 Å². The molecule has 12 heavy (non-hydrogen) atoms. The fourth-order valence-corrected chi connectivity index (χ4v) is 1.15. The second-order valence-electron chi connectivity index (χ2n) is 1.99. The Kier molecular flexibility index (Phi) is 2.27. The molecule has 0 saturated heterocycles. The molecule has 0 saturated carbocycles. The molecule has 0 heterocycles. The first-order valence-corrected chi connectivity index (χ1v) is 3.64. The summed E-state index contributed by atoms with van der Waals surface area (Å²) in [5.74, 6) is -1.64. The van der Waals surface area contributed by atoms with Crippen molar-refractivity contribution in [1.29, 1.82) is 0 Å². The van der Waals surface area contributed by atoms with Crippen LogP contribution in [0.1, 0.15) is 0 Å². The predicted molar refractivity (Wildman–Crippen MR) is 42.4 cm³/mol. The van der Waals surface area contributed by atoms with E-state index in [0.717, 1.165) is 12.1 Å². The summed E-state index contributed by atoms with van der Waals surface area (Å²) in [6.45, 7) is 0. The van der Waals surface area contributed by atoms with E-state index in [1.54, 1.807) is 0 Å². The van der Waals surface area contributed by atoms with Gasteiger partial charge in [-0.1, -0.05) is 0 Å². The van der Waals surface area contributed by atoms with Gasteiger partial charge in [0.25, 0.3) is 5.69 Å². The van der Waals surface area contributed by atoms with Crippen molar-refractivity contribution < 1.29 is 14.4 Å². The Morgan fingerprint density at radius 3 is 2.67 bits per heavy atom. The molecule has 0 aliphatic rings. The van der Waals surface area contributed by atoms with E-state index < -0.39 is 22.2 Å². The van der Waals surface area contributed by atoms with E-state index in [-0.39, 0.29) is 4.47 Å². The molecule has 1 aromatic rings. The van der Waals surface area contributed by atoms with Crippen LogP contribution >= 0.6 is 15.9 Å². The van der Waals surface area contributed by atoms with E-state index in [4.69, 9.17) is 5.11 Å². The minimum atomic E-state index is -1.02. The highest BCUT2D eigenvalue weighted by Gasteiger charge is 2.18. The van der Waals surface area contributed by atoms with Crippen LogP contribution in [-0.4, -0.2) is 10.0 Å². The summed E-state index contributed by atoms with van der Waals surface area (Å²) in [6, 6.07) is 1.95. The van der Waals surface area contributed by atoms with Gasteiger partial charge in [-0.15, -0.1) is 0 Å². The van der Waals surface area contributed by atoms with Gasteiger partial charge in [0.15, 0.2) is 11.6 Å². The molecule has 0 unspecified atom stereocenters. The summed E-state index contributed by atoms with van der Waals surface area (Å²) in [5, 5.41) is 19.0. The maximum absolute atomic E-state index is 12.8. The first-order chi connectivity index (χ1) is 5.54. The molecular weight excluding hydrogens is 233 g/mol. The van der Waals surface area contributed by atoms with Gasteiger partial charge >= 0.3 is 0 Å². The van der Waals surface area contributed by atoms with Crippen molar-refractivity contribution in [2.75, 3.05) is 0 Å². The maximum Gasteiger partial charge on any atom is 0.286 e. The van der Waals surface area contributed by atoms with Crippen molar-refractivity contribution in [3.05, 3.63) is 32.5 Å². The Balaban J connectivity index is 3.36. The van der Waals surface area contributed by atoms with Gasteiger partial charge in [-0.2, -0.15) is 0 Å². The van der Waals surface area contributed by atoms with Crippen LogP contribution in [0.2, 0.25) is 0 Å². The first-order valence-electron chi connectivity index (χ1n) is 2.85. The summed E-state index contributed by atoms with van der Waals surface area (Å²) in [7, 11) is 0. The summed E-state index contributed by atoms with van der Waals surface area (Å²) >= 11 is 2.65. The number of halogens is 2. The third-order valence-electron chi connectivity index (χ3n) is 1.24. The Bertz CT molecular complexity index is 342. The number of phenols is 1. The Morgan fingerprint density at radius 2 is 2.17 bits per heavy atom. The molecule has 1 rings (SSSR count). The number of nitro groups is 1. The number of rotatable bonds is 1. The molecule has 64 valence electrons. The van der Waals surface area contributed by atoms with Crippen LogP contribution in [0.25, 0.3) is 0 Å². The van der Waals surface area contributed by atoms with E-state index in [0.29, 0.717) is 0 Å². The van der Waals surface area contributed by atoms with E-state index >= 15 is 0 Å². The number of phenolic OH excluding ortho intramolecular Hbond substituents is 1. The van der Waals surface area contributed by atoms with Gasteiger partial charge in [0.2, 0.25) is 0 Å². The molecule has 0 amide bonds. The molecule has 6 heteroatoms. The Morgan fingerprint density at radius 1 is 1.58 bits per heavy atom. The quantitative estimate of drug-likeness (QED) is 0.600. The highest BCUT2D eigenvalue weighted by atomic mass is 79.9. The highest BCUT2D eigenvalue weighted by molar-refractivity contribution is 9.10. The molecule has 0 fully saturated rings. The third kappa shape index (κ3) is 1.38. The number of aromatic hydroxyl groups is 1. The minimum absolute atomic E-state index is 0.340. The van der Waals surface area contributed by atoms with Crippen LogP contribution in [0.15, 0.2) is 16.6 Å². The molecule has 0 bridgehead atoms. The molecule has 1 N–H and O–H groups in total. The predicted octanol–water partition coefficient (Wildman–Crippen LogP) is 2.20. The van der Waals surface area contributed by atoms with Crippen molar-refractivity contribution in [3.63, 3.8) is 0 Å². The van der Waals surface area contributed by atoms with Crippen molar-refractivity contribution in [3.8, 4) is 5.75 Å². The van der Waals surface area contributed by atoms with Crippen molar-refractivity contribution in [2.24, 2.45) is 0 Å². The standard InChI is InChI=1S/C6H3BrFNO3/c7-5-3(9(11)12)1-2-4(10)6(5)8/h1-2,10H. The van der Waals surface area contributed by atoms with Crippen LogP contribution in [0.4, 0.5) is 10.1 Å².